The average Bonchev–Trinajstić information content (AvgIpc) is 2.68. The summed E-state index contributed by atoms with van der Waals surface area (Å²) in [5.74, 6) is -0.783. The van der Waals surface area contributed by atoms with Crippen molar-refractivity contribution in [3.63, 3.8) is 0 Å². The molecule has 1 aliphatic heterocycles. The van der Waals surface area contributed by atoms with Crippen LogP contribution < -0.4 is 10.1 Å². The molecule has 1 fully saturated rings. The van der Waals surface area contributed by atoms with Crippen LogP contribution >= 0.6 is 0 Å². The summed E-state index contributed by atoms with van der Waals surface area (Å²) in [6, 6.07) is 4.84. The molecular weight excluding hydrogens is 350 g/mol. The van der Waals surface area contributed by atoms with Crippen LogP contribution in [0, 0.1) is 0 Å². The molecule has 1 aliphatic carbocycles. The molecule has 1 atom stereocenters. The Hall–Kier alpha value is -2.61. The predicted octanol–water partition coefficient (Wildman–Crippen LogP) is 0.619. The van der Waals surface area contributed by atoms with Gasteiger partial charge in [0.15, 0.2) is 0 Å². The maximum atomic E-state index is 12.4. The topological polar surface area (TPSA) is 99.2 Å². The Morgan fingerprint density at radius 2 is 2.07 bits per heavy atom. The summed E-state index contributed by atoms with van der Waals surface area (Å²) < 4.78 is 5.23. The number of methoxy groups -OCH3 is 1. The predicted molar refractivity (Wildman–Crippen MR) is 97.2 cm³/mol. The molecule has 2 aliphatic rings. The highest BCUT2D eigenvalue weighted by Crippen LogP contribution is 2.36. The van der Waals surface area contributed by atoms with Crippen molar-refractivity contribution in [2.75, 3.05) is 33.3 Å². The van der Waals surface area contributed by atoms with Crippen LogP contribution in [-0.4, -0.2) is 66.0 Å². The standard InChI is InChI=1S/C19H25N3O5/c1-3-21-9-10-22(17(24)16(21)23)18(25)20-12-19(26)8-4-5-13-11-14(27-2)6-7-15(13)19/h6-7,11,26H,3-5,8-10,12H2,1-2H3,(H,20,25)/t19-/m1/s1. The average molecular weight is 375 g/mol. The van der Waals surface area contributed by atoms with Crippen molar-refractivity contribution < 1.29 is 24.2 Å². The number of amides is 4. The number of urea groups is 1. The fourth-order valence-electron chi connectivity index (χ4n) is 3.73. The Labute approximate surface area is 158 Å². The van der Waals surface area contributed by atoms with E-state index < -0.39 is 23.4 Å². The van der Waals surface area contributed by atoms with Crippen molar-refractivity contribution in [2.45, 2.75) is 31.8 Å². The van der Waals surface area contributed by atoms with Crippen molar-refractivity contribution in [2.24, 2.45) is 0 Å². The number of aryl methyl sites for hydroxylation is 1. The minimum Gasteiger partial charge on any atom is -0.497 e. The summed E-state index contributed by atoms with van der Waals surface area (Å²) >= 11 is 0. The number of aliphatic hydroxyl groups is 1. The summed E-state index contributed by atoms with van der Waals surface area (Å²) in [4.78, 5) is 38.8. The van der Waals surface area contributed by atoms with Gasteiger partial charge in [-0.1, -0.05) is 6.07 Å². The number of benzene rings is 1. The molecule has 1 aromatic rings. The Morgan fingerprint density at radius 1 is 1.30 bits per heavy atom. The van der Waals surface area contributed by atoms with E-state index in [0.29, 0.717) is 19.5 Å². The number of rotatable bonds is 4. The summed E-state index contributed by atoms with van der Waals surface area (Å²) in [6.45, 7) is 2.66. The number of carbonyl (C=O) groups excluding carboxylic acids is 3. The first kappa shape index (κ1) is 19.2. The van der Waals surface area contributed by atoms with Gasteiger partial charge in [-0.2, -0.15) is 0 Å². The van der Waals surface area contributed by atoms with Crippen molar-refractivity contribution in [1.29, 1.82) is 0 Å². The molecule has 0 saturated carbocycles. The van der Waals surface area contributed by atoms with Gasteiger partial charge in [-0.05, 0) is 49.4 Å². The van der Waals surface area contributed by atoms with E-state index in [1.54, 1.807) is 20.1 Å². The molecule has 3 rings (SSSR count). The van der Waals surface area contributed by atoms with Crippen molar-refractivity contribution >= 4 is 17.8 Å². The van der Waals surface area contributed by atoms with Crippen molar-refractivity contribution in [3.8, 4) is 5.75 Å². The molecular formula is C19H25N3O5. The number of fused-ring (bicyclic) bond motifs is 1. The van der Waals surface area contributed by atoms with E-state index in [1.807, 2.05) is 12.1 Å². The first-order valence-electron chi connectivity index (χ1n) is 9.18. The molecule has 8 nitrogen and oxygen atoms in total. The van der Waals surface area contributed by atoms with Gasteiger partial charge in [-0.15, -0.1) is 0 Å². The van der Waals surface area contributed by atoms with Crippen LogP contribution in [0.15, 0.2) is 18.2 Å². The van der Waals surface area contributed by atoms with Gasteiger partial charge in [-0.25, -0.2) is 4.79 Å². The van der Waals surface area contributed by atoms with Gasteiger partial charge in [0, 0.05) is 19.6 Å². The Balaban J connectivity index is 1.69. The van der Waals surface area contributed by atoms with Crippen LogP contribution in [0.5, 0.6) is 5.75 Å². The summed E-state index contributed by atoms with van der Waals surface area (Å²) in [5, 5.41) is 13.7. The SMILES string of the molecule is CCN1CCN(C(=O)NC[C@]2(O)CCCc3cc(OC)ccc32)C(=O)C1=O. The summed E-state index contributed by atoms with van der Waals surface area (Å²) in [6.07, 6.45) is 2.11. The lowest BCUT2D eigenvalue weighted by atomic mass is 9.79. The second-order valence-electron chi connectivity index (χ2n) is 6.91. The van der Waals surface area contributed by atoms with E-state index in [0.717, 1.165) is 34.6 Å². The van der Waals surface area contributed by atoms with Gasteiger partial charge >= 0.3 is 17.8 Å². The number of nitrogens with zero attached hydrogens (tertiary/aromatic N) is 2. The van der Waals surface area contributed by atoms with E-state index in [4.69, 9.17) is 4.74 Å². The number of ether oxygens (including phenoxy) is 1. The molecule has 1 heterocycles. The van der Waals surface area contributed by atoms with Crippen LogP contribution in [0.1, 0.15) is 30.9 Å². The van der Waals surface area contributed by atoms with Gasteiger partial charge in [0.2, 0.25) is 0 Å². The Morgan fingerprint density at radius 3 is 2.78 bits per heavy atom. The van der Waals surface area contributed by atoms with Crippen LogP contribution in [0.2, 0.25) is 0 Å². The number of carbonyl (C=O) groups is 3. The minimum absolute atomic E-state index is 0.0272. The fraction of sp³-hybridized carbons (Fsp3) is 0.526. The number of imide groups is 1. The highest BCUT2D eigenvalue weighted by molar-refractivity contribution is 6.38. The van der Waals surface area contributed by atoms with Gasteiger partial charge in [0.05, 0.1) is 13.7 Å². The maximum Gasteiger partial charge on any atom is 0.324 e. The van der Waals surface area contributed by atoms with Crippen molar-refractivity contribution in [1.82, 2.24) is 15.1 Å². The molecule has 27 heavy (non-hydrogen) atoms. The van der Waals surface area contributed by atoms with Crippen LogP contribution in [0.25, 0.3) is 0 Å². The fourth-order valence-corrected chi connectivity index (χ4v) is 3.73. The molecule has 8 heteroatoms. The zero-order valence-electron chi connectivity index (χ0n) is 15.7. The molecule has 1 aromatic carbocycles. The second-order valence-corrected chi connectivity index (χ2v) is 6.91. The third kappa shape index (κ3) is 3.62. The first-order chi connectivity index (χ1) is 12.9. The lowest BCUT2D eigenvalue weighted by Crippen LogP contribution is -2.59. The van der Waals surface area contributed by atoms with Crippen LogP contribution in [-0.2, 0) is 21.6 Å². The third-order valence-corrected chi connectivity index (χ3v) is 5.32. The molecule has 0 bridgehead atoms. The molecule has 0 aromatic heterocycles. The molecule has 0 unspecified atom stereocenters. The Bertz CT molecular complexity index is 766. The van der Waals surface area contributed by atoms with E-state index in [2.05, 4.69) is 5.32 Å². The zero-order chi connectivity index (χ0) is 19.6. The van der Waals surface area contributed by atoms with Gasteiger partial charge in [-0.3, -0.25) is 14.5 Å². The summed E-state index contributed by atoms with van der Waals surface area (Å²) in [7, 11) is 1.59. The molecule has 0 radical (unpaired) electrons. The lowest BCUT2D eigenvalue weighted by Gasteiger charge is -2.36. The van der Waals surface area contributed by atoms with Gasteiger partial charge in [0.1, 0.15) is 11.4 Å². The molecule has 4 amide bonds. The summed E-state index contributed by atoms with van der Waals surface area (Å²) in [5.41, 5.74) is 0.529. The molecule has 146 valence electrons. The number of likely N-dealkylation sites (N-methyl/N-ethyl adjacent to an activating group) is 1. The van der Waals surface area contributed by atoms with E-state index in [1.165, 1.54) is 4.90 Å². The van der Waals surface area contributed by atoms with E-state index in [-0.39, 0.29) is 13.1 Å². The monoisotopic (exact) mass is 375 g/mol. The van der Waals surface area contributed by atoms with E-state index in [9.17, 15) is 19.5 Å². The molecule has 1 saturated heterocycles. The third-order valence-electron chi connectivity index (χ3n) is 5.32. The lowest BCUT2D eigenvalue weighted by molar-refractivity contribution is -0.153. The quantitative estimate of drug-likeness (QED) is 0.752. The smallest absolute Gasteiger partial charge is 0.324 e. The minimum atomic E-state index is -1.21. The van der Waals surface area contributed by atoms with Crippen molar-refractivity contribution in [3.05, 3.63) is 29.3 Å². The number of piperazine rings is 1. The van der Waals surface area contributed by atoms with Crippen LogP contribution in [0.3, 0.4) is 0 Å². The Kier molecular flexibility index (Phi) is 5.36. The highest BCUT2D eigenvalue weighted by atomic mass is 16.5. The van der Waals surface area contributed by atoms with E-state index >= 15 is 0 Å². The maximum absolute atomic E-state index is 12.4. The number of nitrogens with one attached hydrogen (secondary N) is 1. The van der Waals surface area contributed by atoms with Gasteiger partial charge < -0.3 is 20.1 Å². The zero-order valence-corrected chi connectivity index (χ0v) is 15.7. The molecule has 0 spiro atoms. The highest BCUT2D eigenvalue weighted by Gasteiger charge is 2.38. The normalized spacial score (nSPS) is 22.5. The van der Waals surface area contributed by atoms with Gasteiger partial charge in [0.25, 0.3) is 0 Å². The van der Waals surface area contributed by atoms with Crippen LogP contribution in [0.4, 0.5) is 4.79 Å². The number of hydrogen-bond donors (Lipinski definition) is 2. The molecule has 2 N–H and O–H groups in total. The largest absolute Gasteiger partial charge is 0.497 e. The second kappa shape index (κ2) is 7.56. The first-order valence-corrected chi connectivity index (χ1v) is 9.18. The number of hydrogen-bond acceptors (Lipinski definition) is 5.